The molecule has 36 heavy (non-hydrogen) atoms. The Balaban J connectivity index is 1.66. The zero-order valence-electron chi connectivity index (χ0n) is 22.7. The van der Waals surface area contributed by atoms with E-state index in [0.29, 0.717) is 12.0 Å². The van der Waals surface area contributed by atoms with Gasteiger partial charge in [0.05, 0.1) is 6.10 Å². The number of carbonyl (C=O) groups excluding carboxylic acids is 2. The Bertz CT molecular complexity index is 946. The summed E-state index contributed by atoms with van der Waals surface area (Å²) in [6.45, 7) is 13.4. The van der Waals surface area contributed by atoms with E-state index in [1.165, 1.54) is 50.8 Å². The Hall–Kier alpha value is -2.12. The average molecular weight is 502 g/mol. The van der Waals surface area contributed by atoms with E-state index >= 15 is 0 Å². The fourth-order valence-corrected chi connectivity index (χ4v) is 6.56. The summed E-state index contributed by atoms with van der Waals surface area (Å²) < 4.78 is 24.4. The van der Waals surface area contributed by atoms with Crippen LogP contribution in [0.3, 0.4) is 0 Å². The summed E-state index contributed by atoms with van der Waals surface area (Å²) in [4.78, 5) is 26.7. The highest BCUT2D eigenvalue weighted by Crippen LogP contribution is 2.42. The van der Waals surface area contributed by atoms with Crippen LogP contribution in [0.25, 0.3) is 0 Å². The maximum absolute atomic E-state index is 12.1. The number of hydrogen-bond donors (Lipinski definition) is 0. The molecule has 0 N–H and O–H groups in total. The van der Waals surface area contributed by atoms with Crippen LogP contribution < -0.4 is 4.74 Å². The molecule has 0 unspecified atom stereocenters. The summed E-state index contributed by atoms with van der Waals surface area (Å²) in [7, 11) is 0. The maximum atomic E-state index is 12.1. The average Bonchev–Trinajstić information content (AvgIpc) is 2.83. The first kappa shape index (κ1) is 26.9. The second-order valence-electron chi connectivity index (χ2n) is 10.8. The van der Waals surface area contributed by atoms with Crippen LogP contribution in [0, 0.1) is 18.8 Å². The molecule has 200 valence electrons. The van der Waals surface area contributed by atoms with Gasteiger partial charge in [0, 0.05) is 25.8 Å². The topological polar surface area (TPSA) is 74.3 Å². The van der Waals surface area contributed by atoms with E-state index in [1.54, 1.807) is 0 Å². The molecule has 1 aromatic rings. The second kappa shape index (κ2) is 11.5. The fraction of sp³-hybridized carbons (Fsp3) is 0.724. The SMILES string of the molecule is CCCN1CCC[C@@H]2Cc3c(ccc(C)c3O[C@@H]3O[C@H](CC)[C@@H](C)[C@H](OC(C)=O)[C@H]3OC(C)=O)C[C@H]21. The van der Waals surface area contributed by atoms with Crippen molar-refractivity contribution in [1.82, 2.24) is 4.90 Å². The predicted molar refractivity (Wildman–Crippen MR) is 137 cm³/mol. The molecule has 7 atom stereocenters. The minimum Gasteiger partial charge on any atom is -0.460 e. The number of carbonyl (C=O) groups is 2. The first-order chi connectivity index (χ1) is 17.2. The number of ether oxygens (including phenoxy) is 4. The minimum atomic E-state index is -0.856. The Kier molecular flexibility index (Phi) is 8.61. The van der Waals surface area contributed by atoms with Crippen molar-refractivity contribution in [2.75, 3.05) is 13.1 Å². The molecule has 7 nitrogen and oxygen atoms in total. The molecule has 2 heterocycles. The summed E-state index contributed by atoms with van der Waals surface area (Å²) in [6.07, 6.45) is 3.86. The highest BCUT2D eigenvalue weighted by atomic mass is 16.7. The van der Waals surface area contributed by atoms with Gasteiger partial charge in [-0.25, -0.2) is 0 Å². The third-order valence-electron chi connectivity index (χ3n) is 8.24. The van der Waals surface area contributed by atoms with Gasteiger partial charge in [-0.2, -0.15) is 0 Å². The molecule has 0 saturated carbocycles. The van der Waals surface area contributed by atoms with E-state index in [2.05, 4.69) is 30.9 Å². The number of benzene rings is 1. The number of aryl methyl sites for hydroxylation is 1. The summed E-state index contributed by atoms with van der Waals surface area (Å²) >= 11 is 0. The molecule has 0 bridgehead atoms. The van der Waals surface area contributed by atoms with E-state index in [0.717, 1.165) is 37.1 Å². The molecule has 2 aliphatic heterocycles. The lowest BCUT2D eigenvalue weighted by atomic mass is 9.74. The lowest BCUT2D eigenvalue weighted by Gasteiger charge is -2.46. The fourth-order valence-electron chi connectivity index (χ4n) is 6.56. The van der Waals surface area contributed by atoms with Crippen molar-refractivity contribution in [3.05, 3.63) is 28.8 Å². The quantitative estimate of drug-likeness (QED) is 0.506. The number of rotatable bonds is 7. The van der Waals surface area contributed by atoms with Gasteiger partial charge in [0.2, 0.25) is 12.4 Å². The molecule has 4 rings (SSSR count). The Morgan fingerprint density at radius 3 is 2.47 bits per heavy atom. The van der Waals surface area contributed by atoms with Gasteiger partial charge < -0.3 is 18.9 Å². The van der Waals surface area contributed by atoms with Gasteiger partial charge in [-0.1, -0.05) is 32.9 Å². The van der Waals surface area contributed by atoms with Crippen molar-refractivity contribution < 1.29 is 28.5 Å². The monoisotopic (exact) mass is 501 g/mol. The lowest BCUT2D eigenvalue weighted by molar-refractivity contribution is -0.266. The lowest BCUT2D eigenvalue weighted by Crippen LogP contribution is -2.58. The zero-order chi connectivity index (χ0) is 26.0. The van der Waals surface area contributed by atoms with Gasteiger partial charge in [0.15, 0.2) is 0 Å². The van der Waals surface area contributed by atoms with Gasteiger partial charge >= 0.3 is 11.9 Å². The summed E-state index contributed by atoms with van der Waals surface area (Å²) in [5.41, 5.74) is 3.61. The van der Waals surface area contributed by atoms with E-state index in [1.807, 2.05) is 13.8 Å². The molecule has 0 spiro atoms. The largest absolute Gasteiger partial charge is 0.460 e. The highest BCUT2D eigenvalue weighted by Gasteiger charge is 2.49. The van der Waals surface area contributed by atoms with Crippen LogP contribution in [-0.4, -0.2) is 60.6 Å². The zero-order valence-corrected chi connectivity index (χ0v) is 22.7. The molecule has 7 heteroatoms. The number of fused-ring (bicyclic) bond motifs is 2. The number of piperidine rings is 1. The maximum Gasteiger partial charge on any atom is 0.303 e. The Labute approximate surface area is 215 Å². The molecular formula is C29H43NO6. The Morgan fingerprint density at radius 1 is 1.08 bits per heavy atom. The number of hydrogen-bond acceptors (Lipinski definition) is 7. The first-order valence-electron chi connectivity index (χ1n) is 13.7. The minimum absolute atomic E-state index is 0.138. The van der Waals surface area contributed by atoms with E-state index in [4.69, 9.17) is 18.9 Å². The summed E-state index contributed by atoms with van der Waals surface area (Å²) in [6, 6.07) is 4.95. The molecule has 3 aliphatic rings. The van der Waals surface area contributed by atoms with Crippen LogP contribution in [0.15, 0.2) is 12.1 Å². The van der Waals surface area contributed by atoms with Crippen molar-refractivity contribution in [2.24, 2.45) is 11.8 Å². The van der Waals surface area contributed by atoms with Gasteiger partial charge in [0.1, 0.15) is 11.9 Å². The van der Waals surface area contributed by atoms with Crippen molar-refractivity contribution in [3.63, 3.8) is 0 Å². The van der Waals surface area contributed by atoms with Crippen LogP contribution >= 0.6 is 0 Å². The third kappa shape index (κ3) is 5.57. The van der Waals surface area contributed by atoms with Crippen molar-refractivity contribution in [1.29, 1.82) is 0 Å². The molecular weight excluding hydrogens is 458 g/mol. The van der Waals surface area contributed by atoms with Crippen LogP contribution in [0.4, 0.5) is 0 Å². The van der Waals surface area contributed by atoms with E-state index in [9.17, 15) is 9.59 Å². The molecule has 0 aromatic heterocycles. The number of nitrogens with zero attached hydrogens (tertiary/aromatic N) is 1. The van der Waals surface area contributed by atoms with Gasteiger partial charge in [0.25, 0.3) is 0 Å². The van der Waals surface area contributed by atoms with Crippen LogP contribution in [0.5, 0.6) is 5.75 Å². The van der Waals surface area contributed by atoms with Crippen molar-refractivity contribution >= 4 is 11.9 Å². The molecule has 0 radical (unpaired) electrons. The number of likely N-dealkylation sites (tertiary alicyclic amines) is 1. The van der Waals surface area contributed by atoms with E-state index in [-0.39, 0.29) is 12.0 Å². The van der Waals surface area contributed by atoms with E-state index < -0.39 is 30.4 Å². The van der Waals surface area contributed by atoms with Crippen molar-refractivity contribution in [3.8, 4) is 5.75 Å². The van der Waals surface area contributed by atoms with Crippen LogP contribution in [0.1, 0.15) is 77.0 Å². The van der Waals surface area contributed by atoms with Crippen LogP contribution in [0.2, 0.25) is 0 Å². The van der Waals surface area contributed by atoms with Crippen molar-refractivity contribution in [2.45, 2.75) is 111 Å². The molecule has 1 aromatic carbocycles. The number of esters is 2. The predicted octanol–water partition coefficient (Wildman–Crippen LogP) is 4.60. The standard InChI is InChI=1S/C29H43NO6/c1-7-13-30-14-9-10-22-15-23-21(16-24(22)30)12-11-17(3)26(23)36-29-28(34-20(6)32)27(33-19(5)31)18(4)25(8-2)35-29/h11-12,18,22,24-25,27-29H,7-10,13-16H2,1-6H3/t18-,22-,24-,25-,27+,28-,29+/m1/s1. The molecule has 0 amide bonds. The summed E-state index contributed by atoms with van der Waals surface area (Å²) in [5, 5.41) is 0. The van der Waals surface area contributed by atoms with Crippen LogP contribution in [-0.2, 0) is 36.6 Å². The highest BCUT2D eigenvalue weighted by molar-refractivity contribution is 5.67. The molecule has 2 saturated heterocycles. The molecule has 1 aliphatic carbocycles. The van der Waals surface area contributed by atoms with Gasteiger partial charge in [-0.05, 0) is 81.1 Å². The third-order valence-corrected chi connectivity index (χ3v) is 8.24. The normalized spacial score (nSPS) is 32.2. The van der Waals surface area contributed by atoms with Gasteiger partial charge in [-0.15, -0.1) is 0 Å². The smallest absolute Gasteiger partial charge is 0.303 e. The first-order valence-corrected chi connectivity index (χ1v) is 13.7. The second-order valence-corrected chi connectivity index (χ2v) is 10.8. The van der Waals surface area contributed by atoms with Gasteiger partial charge in [-0.3, -0.25) is 14.5 Å². The summed E-state index contributed by atoms with van der Waals surface area (Å²) in [5.74, 6) is 0.431. The Morgan fingerprint density at radius 2 is 1.81 bits per heavy atom. The molecule has 2 fully saturated rings.